The van der Waals surface area contributed by atoms with Crippen molar-refractivity contribution in [1.82, 2.24) is 4.90 Å². The Bertz CT molecular complexity index is 610. The van der Waals surface area contributed by atoms with Gasteiger partial charge in [-0.15, -0.1) is 0 Å². The molecule has 2 rings (SSSR count). The lowest BCUT2D eigenvalue weighted by atomic mass is 9.77. The van der Waals surface area contributed by atoms with Gasteiger partial charge in [0.2, 0.25) is 0 Å². The van der Waals surface area contributed by atoms with E-state index in [0.29, 0.717) is 32.4 Å². The third-order valence-corrected chi connectivity index (χ3v) is 4.50. The fourth-order valence-electron chi connectivity index (χ4n) is 2.92. The normalized spacial score (nSPS) is 21.3. The van der Waals surface area contributed by atoms with Crippen LogP contribution in [0.4, 0.5) is 4.39 Å². The number of benzene rings is 1. The van der Waals surface area contributed by atoms with E-state index in [1.165, 1.54) is 24.1 Å². The summed E-state index contributed by atoms with van der Waals surface area (Å²) in [7, 11) is 1.50. The summed E-state index contributed by atoms with van der Waals surface area (Å²) in [4.78, 5) is 25.7. The number of piperidine rings is 1. The molecule has 1 fully saturated rings. The number of ether oxygens (including phenoxy) is 1. The van der Waals surface area contributed by atoms with Crippen LogP contribution in [0.5, 0.6) is 0 Å². The number of methoxy groups -OCH3 is 1. The van der Waals surface area contributed by atoms with E-state index in [9.17, 15) is 19.1 Å². The molecule has 0 bridgehead atoms. The fraction of sp³-hybridized carbons (Fsp3) is 0.500. The minimum Gasteiger partial charge on any atom is -0.481 e. The zero-order valence-corrected chi connectivity index (χ0v) is 13.6. The third-order valence-electron chi connectivity index (χ3n) is 4.26. The van der Waals surface area contributed by atoms with Crippen molar-refractivity contribution in [2.24, 2.45) is 5.41 Å². The SMILES string of the molecule is COCC[C@]1(C(=O)O)CCCN(C(=O)c2cc(Cl)ccc2F)C1. The van der Waals surface area contributed by atoms with Crippen LogP contribution in [0.15, 0.2) is 18.2 Å². The van der Waals surface area contributed by atoms with Crippen molar-refractivity contribution < 1.29 is 23.8 Å². The van der Waals surface area contributed by atoms with Crippen LogP contribution >= 0.6 is 11.6 Å². The van der Waals surface area contributed by atoms with Gasteiger partial charge in [0.05, 0.1) is 11.0 Å². The number of carbonyl (C=O) groups excluding carboxylic acids is 1. The highest BCUT2D eigenvalue weighted by Gasteiger charge is 2.43. The van der Waals surface area contributed by atoms with Crippen molar-refractivity contribution in [3.8, 4) is 0 Å². The van der Waals surface area contributed by atoms with E-state index < -0.39 is 23.1 Å². The Labute approximate surface area is 139 Å². The summed E-state index contributed by atoms with van der Waals surface area (Å²) in [5, 5.41) is 9.86. The molecule has 0 spiro atoms. The molecule has 0 aromatic heterocycles. The van der Waals surface area contributed by atoms with Crippen molar-refractivity contribution >= 4 is 23.5 Å². The predicted octanol–water partition coefficient (Wildman–Crippen LogP) is 2.82. The molecule has 7 heteroatoms. The molecule has 0 aliphatic carbocycles. The molecule has 1 N–H and O–H groups in total. The van der Waals surface area contributed by atoms with Crippen LogP contribution in [-0.2, 0) is 9.53 Å². The number of amides is 1. The Morgan fingerprint density at radius 3 is 2.87 bits per heavy atom. The molecule has 0 unspecified atom stereocenters. The minimum absolute atomic E-state index is 0.0382. The molecule has 1 heterocycles. The Morgan fingerprint density at radius 1 is 1.48 bits per heavy atom. The highest BCUT2D eigenvalue weighted by atomic mass is 35.5. The molecule has 126 valence electrons. The van der Waals surface area contributed by atoms with Gasteiger partial charge < -0.3 is 14.7 Å². The molecular weight excluding hydrogens is 325 g/mol. The molecule has 1 aliphatic rings. The lowest BCUT2D eigenvalue weighted by Crippen LogP contribution is -2.50. The first-order valence-corrected chi connectivity index (χ1v) is 7.74. The monoisotopic (exact) mass is 343 g/mol. The van der Waals surface area contributed by atoms with Crippen LogP contribution < -0.4 is 0 Å². The molecule has 5 nitrogen and oxygen atoms in total. The van der Waals surface area contributed by atoms with Crippen molar-refractivity contribution in [2.45, 2.75) is 19.3 Å². The largest absolute Gasteiger partial charge is 0.481 e. The zero-order chi connectivity index (χ0) is 17.0. The predicted molar refractivity (Wildman–Crippen MR) is 83.1 cm³/mol. The molecule has 0 radical (unpaired) electrons. The molecule has 1 saturated heterocycles. The van der Waals surface area contributed by atoms with Gasteiger partial charge in [0, 0.05) is 31.8 Å². The maximum absolute atomic E-state index is 13.9. The number of nitrogens with zero attached hydrogens (tertiary/aromatic N) is 1. The molecule has 0 saturated carbocycles. The summed E-state index contributed by atoms with van der Waals surface area (Å²) in [6.45, 7) is 0.725. The molecule has 1 amide bonds. The van der Waals surface area contributed by atoms with Gasteiger partial charge in [-0.25, -0.2) is 4.39 Å². The Kier molecular flexibility index (Phi) is 5.59. The number of carboxylic acids is 1. The number of hydrogen-bond acceptors (Lipinski definition) is 3. The summed E-state index contributed by atoms with van der Waals surface area (Å²) in [6, 6.07) is 3.77. The van der Waals surface area contributed by atoms with Crippen molar-refractivity contribution in [2.75, 3.05) is 26.8 Å². The van der Waals surface area contributed by atoms with Crippen molar-refractivity contribution in [3.05, 3.63) is 34.6 Å². The second-order valence-corrected chi connectivity index (χ2v) is 6.22. The average molecular weight is 344 g/mol. The summed E-state index contributed by atoms with van der Waals surface area (Å²) < 4.78 is 18.9. The topological polar surface area (TPSA) is 66.8 Å². The fourth-order valence-corrected chi connectivity index (χ4v) is 3.09. The standard InChI is InChI=1S/C16H19ClFNO4/c1-23-8-6-16(15(21)22)5-2-7-19(10-16)14(20)12-9-11(17)3-4-13(12)18/h3-4,9H,2,5-8,10H2,1H3,(H,21,22)/t16-/m1/s1. The first-order chi connectivity index (χ1) is 10.9. The number of hydrogen-bond donors (Lipinski definition) is 1. The molecule has 1 aromatic rings. The highest BCUT2D eigenvalue weighted by Crippen LogP contribution is 2.35. The van der Waals surface area contributed by atoms with Gasteiger partial charge in [-0.2, -0.15) is 0 Å². The second kappa shape index (κ2) is 7.27. The first kappa shape index (κ1) is 17.7. The molecule has 1 atom stereocenters. The summed E-state index contributed by atoms with van der Waals surface area (Å²) >= 11 is 5.83. The van der Waals surface area contributed by atoms with Gasteiger partial charge >= 0.3 is 5.97 Å². The van der Waals surface area contributed by atoms with E-state index in [0.717, 1.165) is 6.07 Å². The Morgan fingerprint density at radius 2 is 2.22 bits per heavy atom. The molecule has 1 aliphatic heterocycles. The minimum atomic E-state index is -1.06. The number of likely N-dealkylation sites (tertiary alicyclic amines) is 1. The van der Waals surface area contributed by atoms with Gasteiger partial charge in [0.25, 0.3) is 5.91 Å². The van der Waals surface area contributed by atoms with E-state index in [1.54, 1.807) is 0 Å². The number of carboxylic acid groups (broad SMARTS) is 1. The molecular formula is C16H19ClFNO4. The zero-order valence-electron chi connectivity index (χ0n) is 12.8. The highest BCUT2D eigenvalue weighted by molar-refractivity contribution is 6.31. The Balaban J connectivity index is 2.24. The smallest absolute Gasteiger partial charge is 0.311 e. The number of carbonyl (C=O) groups is 2. The summed E-state index contributed by atoms with van der Waals surface area (Å²) in [5.74, 6) is -2.16. The van der Waals surface area contributed by atoms with E-state index in [1.807, 2.05) is 0 Å². The van der Waals surface area contributed by atoms with Crippen LogP contribution in [0.25, 0.3) is 0 Å². The van der Waals surface area contributed by atoms with E-state index in [4.69, 9.17) is 16.3 Å². The van der Waals surface area contributed by atoms with Gasteiger partial charge in [-0.1, -0.05) is 11.6 Å². The average Bonchev–Trinajstić information content (AvgIpc) is 2.54. The summed E-state index contributed by atoms with van der Waals surface area (Å²) in [5.41, 5.74) is -1.19. The third kappa shape index (κ3) is 3.82. The van der Waals surface area contributed by atoms with Crippen LogP contribution in [0.2, 0.25) is 5.02 Å². The lowest BCUT2D eigenvalue weighted by Gasteiger charge is -2.40. The van der Waals surface area contributed by atoms with Crippen LogP contribution in [0.3, 0.4) is 0 Å². The van der Waals surface area contributed by atoms with Gasteiger partial charge in [0.15, 0.2) is 0 Å². The molecule has 23 heavy (non-hydrogen) atoms. The maximum Gasteiger partial charge on any atom is 0.311 e. The van der Waals surface area contributed by atoms with Crippen LogP contribution in [0.1, 0.15) is 29.6 Å². The number of halogens is 2. The van der Waals surface area contributed by atoms with Crippen molar-refractivity contribution in [3.63, 3.8) is 0 Å². The number of aliphatic carboxylic acids is 1. The second-order valence-electron chi connectivity index (χ2n) is 5.78. The van der Waals surface area contributed by atoms with Gasteiger partial charge in [-0.3, -0.25) is 9.59 Å². The maximum atomic E-state index is 13.9. The molecule has 1 aromatic carbocycles. The quantitative estimate of drug-likeness (QED) is 0.892. The van der Waals surface area contributed by atoms with Crippen LogP contribution in [0, 0.1) is 11.2 Å². The Hall–Kier alpha value is -1.66. The van der Waals surface area contributed by atoms with E-state index in [-0.39, 0.29) is 17.1 Å². The lowest BCUT2D eigenvalue weighted by molar-refractivity contribution is -0.153. The van der Waals surface area contributed by atoms with Crippen LogP contribution in [-0.4, -0.2) is 48.7 Å². The van der Waals surface area contributed by atoms with Crippen molar-refractivity contribution in [1.29, 1.82) is 0 Å². The van der Waals surface area contributed by atoms with Gasteiger partial charge in [0.1, 0.15) is 5.82 Å². The van der Waals surface area contributed by atoms with Gasteiger partial charge in [-0.05, 0) is 37.5 Å². The summed E-state index contributed by atoms with van der Waals surface area (Å²) in [6.07, 6.45) is 1.32. The van der Waals surface area contributed by atoms with E-state index in [2.05, 4.69) is 0 Å². The first-order valence-electron chi connectivity index (χ1n) is 7.36. The van der Waals surface area contributed by atoms with E-state index >= 15 is 0 Å². The number of rotatable bonds is 5.